The molecule has 1 aliphatic carbocycles. The largest absolute Gasteiger partial charge is 0.391 e. The summed E-state index contributed by atoms with van der Waals surface area (Å²) in [7, 11) is 1.62. The molecule has 1 aliphatic rings. The minimum atomic E-state index is -0.327. The highest BCUT2D eigenvalue weighted by molar-refractivity contribution is 4.96. The molecule has 3 heteroatoms. The van der Waals surface area contributed by atoms with E-state index in [1.54, 1.807) is 7.11 Å². The van der Waals surface area contributed by atoms with Crippen molar-refractivity contribution < 1.29 is 9.84 Å². The summed E-state index contributed by atoms with van der Waals surface area (Å²) < 4.78 is 4.86. The van der Waals surface area contributed by atoms with E-state index in [0.717, 1.165) is 13.0 Å². The lowest BCUT2D eigenvalue weighted by atomic mass is 10.0. The van der Waals surface area contributed by atoms with Gasteiger partial charge in [0.2, 0.25) is 0 Å². The maximum absolute atomic E-state index is 9.42. The van der Waals surface area contributed by atoms with E-state index >= 15 is 0 Å². The zero-order valence-electron chi connectivity index (χ0n) is 9.55. The Morgan fingerprint density at radius 1 is 1.50 bits per heavy atom. The molecule has 0 aromatic heterocycles. The van der Waals surface area contributed by atoms with Crippen molar-refractivity contribution in [1.82, 2.24) is 5.32 Å². The van der Waals surface area contributed by atoms with Gasteiger partial charge < -0.3 is 15.2 Å². The highest BCUT2D eigenvalue weighted by atomic mass is 16.5. The number of hydrogen-bond donors (Lipinski definition) is 2. The minimum Gasteiger partial charge on any atom is -0.391 e. The Hall–Kier alpha value is -0.120. The number of rotatable bonds is 7. The van der Waals surface area contributed by atoms with Crippen LogP contribution in [0.25, 0.3) is 0 Å². The average molecular weight is 201 g/mol. The molecular formula is C11H23NO2. The normalized spacial score (nSPS) is 23.1. The molecule has 0 spiro atoms. The molecule has 0 aliphatic heterocycles. The van der Waals surface area contributed by atoms with Crippen molar-refractivity contribution in [3.05, 3.63) is 0 Å². The predicted octanol–water partition coefficient (Wildman–Crippen LogP) is 1.16. The molecule has 2 N–H and O–H groups in total. The van der Waals surface area contributed by atoms with Crippen molar-refractivity contribution in [2.75, 3.05) is 20.3 Å². The van der Waals surface area contributed by atoms with Gasteiger partial charge in [-0.25, -0.2) is 0 Å². The second-order valence-electron chi connectivity index (χ2n) is 4.73. The maximum atomic E-state index is 9.42. The van der Waals surface area contributed by atoms with E-state index < -0.39 is 0 Å². The molecule has 0 heterocycles. The van der Waals surface area contributed by atoms with Gasteiger partial charge in [-0.1, -0.05) is 6.92 Å². The standard InChI is InChI=1S/C11H23NO2/c1-9(11(2)5-6-11)12-7-4-10(13)8-14-3/h9-10,12-13H,4-8H2,1-3H3. The third-order valence-electron chi connectivity index (χ3n) is 3.37. The molecule has 84 valence electrons. The SMILES string of the molecule is COCC(O)CCNC(C)C1(C)CC1. The minimum absolute atomic E-state index is 0.327. The fourth-order valence-corrected chi connectivity index (χ4v) is 1.62. The quantitative estimate of drug-likeness (QED) is 0.649. The predicted molar refractivity (Wildman–Crippen MR) is 57.3 cm³/mol. The van der Waals surface area contributed by atoms with Gasteiger partial charge in [-0.3, -0.25) is 0 Å². The van der Waals surface area contributed by atoms with Crippen LogP contribution in [0.3, 0.4) is 0 Å². The Labute approximate surface area is 86.8 Å². The zero-order chi connectivity index (χ0) is 10.6. The highest BCUT2D eigenvalue weighted by Gasteiger charge is 2.41. The molecule has 0 aromatic carbocycles. The summed E-state index contributed by atoms with van der Waals surface area (Å²) in [6.45, 7) is 5.86. The lowest BCUT2D eigenvalue weighted by Crippen LogP contribution is -2.35. The Bertz CT molecular complexity index is 169. The van der Waals surface area contributed by atoms with Gasteiger partial charge in [-0.05, 0) is 38.1 Å². The fraction of sp³-hybridized carbons (Fsp3) is 1.00. The van der Waals surface area contributed by atoms with Crippen LogP contribution in [0.15, 0.2) is 0 Å². The first-order valence-corrected chi connectivity index (χ1v) is 5.49. The lowest BCUT2D eigenvalue weighted by molar-refractivity contribution is 0.0586. The van der Waals surface area contributed by atoms with Gasteiger partial charge in [-0.15, -0.1) is 0 Å². The van der Waals surface area contributed by atoms with E-state index in [2.05, 4.69) is 19.2 Å². The number of methoxy groups -OCH3 is 1. The summed E-state index contributed by atoms with van der Waals surface area (Å²) in [6, 6.07) is 0.567. The van der Waals surface area contributed by atoms with Crippen LogP contribution in [0, 0.1) is 5.41 Å². The number of aliphatic hydroxyl groups is 1. The molecular weight excluding hydrogens is 178 g/mol. The van der Waals surface area contributed by atoms with E-state index in [4.69, 9.17) is 4.74 Å². The Kier molecular flexibility index (Phi) is 4.35. The first kappa shape index (κ1) is 12.0. The van der Waals surface area contributed by atoms with Crippen molar-refractivity contribution >= 4 is 0 Å². The summed E-state index contributed by atoms with van der Waals surface area (Å²) in [4.78, 5) is 0. The molecule has 0 saturated heterocycles. The molecule has 0 amide bonds. The van der Waals surface area contributed by atoms with Crippen LogP contribution < -0.4 is 5.32 Å². The van der Waals surface area contributed by atoms with E-state index in [-0.39, 0.29) is 6.10 Å². The van der Waals surface area contributed by atoms with Crippen molar-refractivity contribution in [2.45, 2.75) is 45.3 Å². The van der Waals surface area contributed by atoms with Gasteiger partial charge in [-0.2, -0.15) is 0 Å². The first-order valence-electron chi connectivity index (χ1n) is 5.49. The third kappa shape index (κ3) is 3.56. The summed E-state index contributed by atoms with van der Waals surface area (Å²) in [5.74, 6) is 0. The van der Waals surface area contributed by atoms with Crippen LogP contribution in [0.2, 0.25) is 0 Å². The smallest absolute Gasteiger partial charge is 0.0785 e. The van der Waals surface area contributed by atoms with Crippen LogP contribution in [-0.4, -0.2) is 37.5 Å². The number of nitrogens with one attached hydrogen (secondary N) is 1. The van der Waals surface area contributed by atoms with Crippen molar-refractivity contribution in [3.8, 4) is 0 Å². The number of aliphatic hydroxyl groups excluding tert-OH is 1. The molecule has 0 bridgehead atoms. The van der Waals surface area contributed by atoms with Gasteiger partial charge in [0, 0.05) is 13.2 Å². The molecule has 2 unspecified atom stereocenters. The number of ether oxygens (including phenoxy) is 1. The Morgan fingerprint density at radius 2 is 2.14 bits per heavy atom. The van der Waals surface area contributed by atoms with Crippen molar-refractivity contribution in [2.24, 2.45) is 5.41 Å². The second-order valence-corrected chi connectivity index (χ2v) is 4.73. The first-order chi connectivity index (χ1) is 6.58. The summed E-state index contributed by atoms with van der Waals surface area (Å²) in [5.41, 5.74) is 0.520. The Balaban J connectivity index is 2.03. The van der Waals surface area contributed by atoms with Gasteiger partial charge >= 0.3 is 0 Å². The van der Waals surface area contributed by atoms with Crippen LogP contribution in [0.5, 0.6) is 0 Å². The van der Waals surface area contributed by atoms with E-state index in [0.29, 0.717) is 18.1 Å². The fourth-order valence-electron chi connectivity index (χ4n) is 1.62. The van der Waals surface area contributed by atoms with E-state index in [1.807, 2.05) is 0 Å². The van der Waals surface area contributed by atoms with Crippen molar-refractivity contribution in [1.29, 1.82) is 0 Å². The second kappa shape index (κ2) is 5.10. The molecule has 14 heavy (non-hydrogen) atoms. The van der Waals surface area contributed by atoms with Gasteiger partial charge in [0.1, 0.15) is 0 Å². The number of hydrogen-bond acceptors (Lipinski definition) is 3. The maximum Gasteiger partial charge on any atom is 0.0785 e. The Morgan fingerprint density at radius 3 is 2.64 bits per heavy atom. The molecule has 3 nitrogen and oxygen atoms in total. The van der Waals surface area contributed by atoms with Crippen LogP contribution in [0.4, 0.5) is 0 Å². The molecule has 1 saturated carbocycles. The molecule has 1 rings (SSSR count). The lowest BCUT2D eigenvalue weighted by Gasteiger charge is -2.21. The molecule has 1 fully saturated rings. The van der Waals surface area contributed by atoms with Crippen LogP contribution in [0.1, 0.15) is 33.1 Å². The summed E-state index contributed by atoms with van der Waals surface area (Å²) >= 11 is 0. The van der Waals surface area contributed by atoms with Crippen molar-refractivity contribution in [3.63, 3.8) is 0 Å². The topological polar surface area (TPSA) is 41.5 Å². The average Bonchev–Trinajstić information content (AvgIpc) is 2.85. The van der Waals surface area contributed by atoms with Gasteiger partial charge in [0.25, 0.3) is 0 Å². The van der Waals surface area contributed by atoms with Gasteiger partial charge in [0.05, 0.1) is 12.7 Å². The zero-order valence-corrected chi connectivity index (χ0v) is 9.55. The molecule has 0 radical (unpaired) electrons. The van der Waals surface area contributed by atoms with Crippen LogP contribution >= 0.6 is 0 Å². The van der Waals surface area contributed by atoms with Gasteiger partial charge in [0.15, 0.2) is 0 Å². The highest BCUT2D eigenvalue weighted by Crippen LogP contribution is 2.47. The third-order valence-corrected chi connectivity index (χ3v) is 3.37. The molecule has 2 atom stereocenters. The molecule has 0 aromatic rings. The van der Waals surface area contributed by atoms with E-state index in [9.17, 15) is 5.11 Å². The van der Waals surface area contributed by atoms with Crippen LogP contribution in [-0.2, 0) is 4.74 Å². The van der Waals surface area contributed by atoms with E-state index in [1.165, 1.54) is 12.8 Å². The monoisotopic (exact) mass is 201 g/mol. The summed E-state index contributed by atoms with van der Waals surface area (Å²) in [6.07, 6.45) is 3.12. The summed E-state index contributed by atoms with van der Waals surface area (Å²) in [5, 5.41) is 12.9.